The number of carbonyl (C=O) groups excluding carboxylic acids is 1. The minimum Gasteiger partial charge on any atom is -0.481 e. The van der Waals surface area contributed by atoms with Gasteiger partial charge in [-0.25, -0.2) is 9.59 Å². The number of carbonyl (C=O) groups is 4. The van der Waals surface area contributed by atoms with E-state index in [9.17, 15) is 24.3 Å². The summed E-state index contributed by atoms with van der Waals surface area (Å²) in [6, 6.07) is 0. The Hall–Kier alpha value is -1.65. The van der Waals surface area contributed by atoms with E-state index in [1.54, 1.807) is 6.26 Å². The van der Waals surface area contributed by atoms with E-state index >= 15 is 0 Å². The summed E-state index contributed by atoms with van der Waals surface area (Å²) < 4.78 is 4.70. The zero-order chi connectivity index (χ0) is 15.9. The summed E-state index contributed by atoms with van der Waals surface area (Å²) in [5.41, 5.74) is -3.14. The van der Waals surface area contributed by atoms with Crippen molar-refractivity contribution < 1.29 is 44.3 Å². The number of ether oxygens (including phenoxy) is 1. The minimum atomic E-state index is -3.14. The van der Waals surface area contributed by atoms with Crippen LogP contribution in [0.5, 0.6) is 0 Å². The molecule has 0 aromatic carbocycles. The van der Waals surface area contributed by atoms with Crippen LogP contribution in [0.3, 0.4) is 0 Å². The summed E-state index contributed by atoms with van der Waals surface area (Å²) in [5.74, 6) is -6.51. The normalized spacial score (nSPS) is 15.1. The number of hydrogen-bond acceptors (Lipinski definition) is 7. The number of thioether (sulfide) groups is 1. The van der Waals surface area contributed by atoms with Gasteiger partial charge in [0.15, 0.2) is 6.10 Å². The number of carboxylic acid groups (broad SMARTS) is 3. The fourth-order valence-corrected chi connectivity index (χ4v) is 1.69. The molecular weight excluding hydrogens is 296 g/mol. The highest BCUT2D eigenvalue weighted by Gasteiger charge is 2.46. The van der Waals surface area contributed by atoms with E-state index in [1.165, 1.54) is 0 Å². The molecule has 20 heavy (non-hydrogen) atoms. The first-order valence-electron chi connectivity index (χ1n) is 5.19. The van der Waals surface area contributed by atoms with Crippen molar-refractivity contribution in [3.05, 3.63) is 0 Å². The Morgan fingerprint density at radius 1 is 1.20 bits per heavy atom. The van der Waals surface area contributed by atoms with Gasteiger partial charge in [-0.3, -0.25) is 9.59 Å². The second-order valence-corrected chi connectivity index (χ2v) is 4.66. The third-order valence-corrected chi connectivity index (χ3v) is 2.87. The monoisotopic (exact) mass is 310 g/mol. The lowest BCUT2D eigenvalue weighted by molar-refractivity contribution is -0.174. The topological polar surface area (TPSA) is 158 Å². The highest BCUT2D eigenvalue weighted by molar-refractivity contribution is 7.98. The van der Waals surface area contributed by atoms with Crippen molar-refractivity contribution in [1.82, 2.24) is 0 Å². The molecule has 10 heteroatoms. The number of rotatable bonds is 10. The fraction of sp³-hybridized carbons (Fsp3) is 0.600. The van der Waals surface area contributed by atoms with Crippen molar-refractivity contribution in [3.63, 3.8) is 0 Å². The molecule has 0 amide bonds. The van der Waals surface area contributed by atoms with Crippen molar-refractivity contribution in [2.45, 2.75) is 18.1 Å². The Labute approximate surface area is 117 Å². The van der Waals surface area contributed by atoms with E-state index in [1.807, 2.05) is 0 Å². The molecule has 0 aromatic rings. The summed E-state index contributed by atoms with van der Waals surface area (Å²) in [5, 5.41) is 35.5. The molecule has 114 valence electrons. The molecule has 0 aliphatic carbocycles. The van der Waals surface area contributed by atoms with Crippen LogP contribution in [0.1, 0.15) is 6.42 Å². The average molecular weight is 310 g/mol. The highest BCUT2D eigenvalue weighted by atomic mass is 32.2. The Morgan fingerprint density at radius 2 is 1.75 bits per heavy atom. The molecule has 0 spiro atoms. The predicted molar refractivity (Wildman–Crippen MR) is 65.6 cm³/mol. The quantitative estimate of drug-likeness (QED) is 0.356. The maximum absolute atomic E-state index is 11.6. The molecule has 2 atom stereocenters. The first-order valence-corrected chi connectivity index (χ1v) is 6.58. The summed E-state index contributed by atoms with van der Waals surface area (Å²) >= 11 is 1.12. The highest BCUT2D eigenvalue weighted by Crippen LogP contribution is 2.14. The minimum absolute atomic E-state index is 0.00699. The van der Waals surface area contributed by atoms with Crippen LogP contribution in [0.2, 0.25) is 0 Å². The van der Waals surface area contributed by atoms with Gasteiger partial charge in [-0.1, -0.05) is 0 Å². The van der Waals surface area contributed by atoms with Crippen LogP contribution in [0, 0.1) is 0 Å². The van der Waals surface area contributed by atoms with Crippen LogP contribution in [0.4, 0.5) is 0 Å². The molecule has 9 nitrogen and oxygen atoms in total. The van der Waals surface area contributed by atoms with E-state index in [4.69, 9.17) is 20.1 Å². The van der Waals surface area contributed by atoms with E-state index in [0.29, 0.717) is 0 Å². The van der Waals surface area contributed by atoms with E-state index in [-0.39, 0.29) is 5.75 Å². The third-order valence-electron chi connectivity index (χ3n) is 2.23. The second kappa shape index (κ2) is 7.82. The standard InChI is InChI=1S/C10H14O9S/c1-20-4-5(8(14)15)19-3-6(11)10(18,9(16)17)2-7(12)13/h5,18H,2-4H2,1H3,(H,12,13)(H,14,15)(H,16,17). The number of aliphatic hydroxyl groups is 1. The fourth-order valence-electron chi connectivity index (χ4n) is 1.15. The Bertz CT molecular complexity index is 408. The van der Waals surface area contributed by atoms with Crippen LogP contribution in [0.25, 0.3) is 0 Å². The van der Waals surface area contributed by atoms with Crippen LogP contribution in [-0.2, 0) is 23.9 Å². The number of Topliss-reactive ketones (excluding diaryl/α,β-unsaturated/α-hetero) is 1. The first kappa shape index (κ1) is 18.4. The van der Waals surface area contributed by atoms with Gasteiger partial charge in [0.2, 0.25) is 11.4 Å². The van der Waals surface area contributed by atoms with Crippen molar-refractivity contribution >= 4 is 35.5 Å². The van der Waals surface area contributed by atoms with Gasteiger partial charge in [0.25, 0.3) is 0 Å². The van der Waals surface area contributed by atoms with E-state index < -0.39 is 48.4 Å². The lowest BCUT2D eigenvalue weighted by Gasteiger charge is -2.21. The molecule has 2 unspecified atom stereocenters. The van der Waals surface area contributed by atoms with Gasteiger partial charge in [-0.05, 0) is 6.26 Å². The van der Waals surface area contributed by atoms with Gasteiger partial charge in [-0.15, -0.1) is 0 Å². The lowest BCUT2D eigenvalue weighted by Crippen LogP contribution is -2.50. The van der Waals surface area contributed by atoms with Crippen molar-refractivity contribution in [2.24, 2.45) is 0 Å². The largest absolute Gasteiger partial charge is 0.481 e. The van der Waals surface area contributed by atoms with Crippen LogP contribution < -0.4 is 0 Å². The van der Waals surface area contributed by atoms with Crippen molar-refractivity contribution in [3.8, 4) is 0 Å². The van der Waals surface area contributed by atoms with Crippen LogP contribution in [-0.4, -0.2) is 74.4 Å². The van der Waals surface area contributed by atoms with Gasteiger partial charge in [0.05, 0.1) is 6.42 Å². The maximum atomic E-state index is 11.6. The van der Waals surface area contributed by atoms with Crippen molar-refractivity contribution in [2.75, 3.05) is 18.6 Å². The number of hydrogen-bond donors (Lipinski definition) is 4. The van der Waals surface area contributed by atoms with Crippen LogP contribution >= 0.6 is 11.8 Å². The van der Waals surface area contributed by atoms with Gasteiger partial charge >= 0.3 is 17.9 Å². The summed E-state index contributed by atoms with van der Waals surface area (Å²) in [6.07, 6.45) is -1.11. The number of ketones is 1. The summed E-state index contributed by atoms with van der Waals surface area (Å²) in [4.78, 5) is 43.5. The Morgan fingerprint density at radius 3 is 2.10 bits per heavy atom. The molecule has 0 radical (unpaired) electrons. The van der Waals surface area contributed by atoms with Gasteiger partial charge in [0, 0.05) is 5.75 Å². The second-order valence-electron chi connectivity index (χ2n) is 3.75. The molecule has 0 rings (SSSR count). The molecule has 0 saturated carbocycles. The molecule has 0 saturated heterocycles. The van der Waals surface area contributed by atoms with Gasteiger partial charge in [0.1, 0.15) is 6.61 Å². The molecule has 0 heterocycles. The Balaban J connectivity index is 4.81. The lowest BCUT2D eigenvalue weighted by atomic mass is 9.95. The first-order chi connectivity index (χ1) is 9.15. The molecule has 0 bridgehead atoms. The zero-order valence-electron chi connectivity index (χ0n) is 10.4. The predicted octanol–water partition coefficient (Wildman–Crippen LogP) is -1.32. The zero-order valence-corrected chi connectivity index (χ0v) is 11.3. The molecule has 0 aliphatic heterocycles. The van der Waals surface area contributed by atoms with E-state index in [0.717, 1.165) is 11.8 Å². The molecule has 0 aromatic heterocycles. The maximum Gasteiger partial charge on any atom is 0.344 e. The van der Waals surface area contributed by atoms with Crippen LogP contribution in [0.15, 0.2) is 0 Å². The SMILES string of the molecule is CSCC(OCC(=O)C(O)(CC(=O)O)C(=O)O)C(=O)O. The molecule has 4 N–H and O–H groups in total. The molecule has 0 aliphatic rings. The average Bonchev–Trinajstić information content (AvgIpc) is 2.32. The molecule has 0 fully saturated rings. The number of aliphatic carboxylic acids is 3. The Kier molecular flexibility index (Phi) is 7.18. The summed E-state index contributed by atoms with van der Waals surface area (Å²) in [7, 11) is 0. The summed E-state index contributed by atoms with van der Waals surface area (Å²) in [6.45, 7) is -1.02. The molecular formula is C10H14O9S. The smallest absolute Gasteiger partial charge is 0.344 e. The van der Waals surface area contributed by atoms with Crippen molar-refractivity contribution in [1.29, 1.82) is 0 Å². The number of carboxylic acids is 3. The van der Waals surface area contributed by atoms with Gasteiger partial charge < -0.3 is 25.2 Å². The third kappa shape index (κ3) is 5.15. The van der Waals surface area contributed by atoms with E-state index in [2.05, 4.69) is 0 Å². The van der Waals surface area contributed by atoms with Gasteiger partial charge in [-0.2, -0.15) is 11.8 Å².